The number of benzene rings is 1. The van der Waals surface area contributed by atoms with E-state index in [0.29, 0.717) is 6.04 Å². The van der Waals surface area contributed by atoms with Crippen molar-refractivity contribution in [2.45, 2.75) is 58.9 Å². The highest BCUT2D eigenvalue weighted by Gasteiger charge is 2.05. The first-order valence-corrected chi connectivity index (χ1v) is 7.75. The van der Waals surface area contributed by atoms with Crippen LogP contribution in [0, 0.1) is 0 Å². The largest absolute Gasteiger partial charge is 0.492 e. The van der Waals surface area contributed by atoms with Crippen LogP contribution >= 0.6 is 0 Å². The standard InChI is InChI=1S/C17H29NO/c1-4-7-8-15-9-11-17(12-10-15)19-14-16(6-3)18-13-5-2/h9-12,16,18H,4-8,13-14H2,1-3H3. The summed E-state index contributed by atoms with van der Waals surface area (Å²) in [7, 11) is 0. The highest BCUT2D eigenvalue weighted by Crippen LogP contribution is 2.14. The summed E-state index contributed by atoms with van der Waals surface area (Å²) < 4.78 is 5.85. The molecule has 0 saturated heterocycles. The lowest BCUT2D eigenvalue weighted by Crippen LogP contribution is -2.34. The Labute approximate surface area is 118 Å². The molecule has 1 atom stereocenters. The van der Waals surface area contributed by atoms with Gasteiger partial charge in [-0.15, -0.1) is 0 Å². The van der Waals surface area contributed by atoms with Crippen molar-refractivity contribution < 1.29 is 4.74 Å². The van der Waals surface area contributed by atoms with Gasteiger partial charge in [0.05, 0.1) is 0 Å². The zero-order chi connectivity index (χ0) is 13.9. The number of rotatable bonds is 10. The van der Waals surface area contributed by atoms with E-state index in [1.165, 1.54) is 31.2 Å². The van der Waals surface area contributed by atoms with Gasteiger partial charge in [-0.25, -0.2) is 0 Å². The summed E-state index contributed by atoms with van der Waals surface area (Å²) in [5.41, 5.74) is 1.41. The number of unbranched alkanes of at least 4 members (excludes halogenated alkanes) is 1. The Morgan fingerprint density at radius 3 is 2.37 bits per heavy atom. The van der Waals surface area contributed by atoms with E-state index in [0.717, 1.165) is 25.3 Å². The first kappa shape index (κ1) is 16.0. The molecule has 2 nitrogen and oxygen atoms in total. The van der Waals surface area contributed by atoms with Crippen LogP contribution in [0.2, 0.25) is 0 Å². The fourth-order valence-corrected chi connectivity index (χ4v) is 2.00. The topological polar surface area (TPSA) is 21.3 Å². The summed E-state index contributed by atoms with van der Waals surface area (Å²) >= 11 is 0. The Hall–Kier alpha value is -1.02. The zero-order valence-electron chi connectivity index (χ0n) is 12.7. The second-order valence-electron chi connectivity index (χ2n) is 5.12. The van der Waals surface area contributed by atoms with E-state index in [4.69, 9.17) is 4.74 Å². The summed E-state index contributed by atoms with van der Waals surface area (Å²) in [5, 5.41) is 3.50. The van der Waals surface area contributed by atoms with Crippen LogP contribution in [0.5, 0.6) is 5.75 Å². The number of ether oxygens (including phenoxy) is 1. The number of hydrogen-bond acceptors (Lipinski definition) is 2. The summed E-state index contributed by atoms with van der Waals surface area (Å²) in [6, 6.07) is 9.02. The lowest BCUT2D eigenvalue weighted by atomic mass is 10.1. The third kappa shape index (κ3) is 6.63. The molecule has 0 aliphatic carbocycles. The quantitative estimate of drug-likeness (QED) is 0.683. The van der Waals surface area contributed by atoms with Crippen molar-refractivity contribution in [3.8, 4) is 5.75 Å². The van der Waals surface area contributed by atoms with Crippen LogP contribution < -0.4 is 10.1 Å². The SMILES string of the molecule is CCCCc1ccc(OCC(CC)NCCC)cc1. The third-order valence-electron chi connectivity index (χ3n) is 3.37. The lowest BCUT2D eigenvalue weighted by molar-refractivity contribution is 0.260. The molecular weight excluding hydrogens is 234 g/mol. The maximum atomic E-state index is 5.85. The fourth-order valence-electron chi connectivity index (χ4n) is 2.00. The molecule has 0 amide bonds. The van der Waals surface area contributed by atoms with Gasteiger partial charge in [0.25, 0.3) is 0 Å². The van der Waals surface area contributed by atoms with Gasteiger partial charge < -0.3 is 10.1 Å². The van der Waals surface area contributed by atoms with Crippen molar-refractivity contribution >= 4 is 0 Å². The minimum atomic E-state index is 0.458. The fraction of sp³-hybridized carbons (Fsp3) is 0.647. The maximum Gasteiger partial charge on any atom is 0.119 e. The number of aryl methyl sites for hydroxylation is 1. The van der Waals surface area contributed by atoms with Crippen LogP contribution in [0.1, 0.15) is 52.0 Å². The molecule has 0 radical (unpaired) electrons. The highest BCUT2D eigenvalue weighted by molar-refractivity contribution is 5.27. The van der Waals surface area contributed by atoms with Gasteiger partial charge in [0.2, 0.25) is 0 Å². The molecule has 0 heterocycles. The molecule has 1 aromatic carbocycles. The van der Waals surface area contributed by atoms with E-state index in [2.05, 4.69) is 50.4 Å². The molecule has 0 aliphatic rings. The van der Waals surface area contributed by atoms with Crippen LogP contribution in [0.25, 0.3) is 0 Å². The van der Waals surface area contributed by atoms with Crippen LogP contribution in [0.4, 0.5) is 0 Å². The molecule has 2 heteroatoms. The molecule has 0 saturated carbocycles. The molecule has 0 bridgehead atoms. The van der Waals surface area contributed by atoms with E-state index in [-0.39, 0.29) is 0 Å². The van der Waals surface area contributed by atoms with Gasteiger partial charge in [-0.2, -0.15) is 0 Å². The van der Waals surface area contributed by atoms with E-state index < -0.39 is 0 Å². The predicted molar refractivity (Wildman–Crippen MR) is 82.9 cm³/mol. The molecule has 1 unspecified atom stereocenters. The van der Waals surface area contributed by atoms with Gasteiger partial charge >= 0.3 is 0 Å². The van der Waals surface area contributed by atoms with Crippen LogP contribution in [-0.2, 0) is 6.42 Å². The number of nitrogens with one attached hydrogen (secondary N) is 1. The van der Waals surface area contributed by atoms with Crippen molar-refractivity contribution in [3.63, 3.8) is 0 Å². The van der Waals surface area contributed by atoms with Gasteiger partial charge in [-0.05, 0) is 49.9 Å². The normalized spacial score (nSPS) is 12.4. The lowest BCUT2D eigenvalue weighted by Gasteiger charge is -2.17. The molecule has 0 aliphatic heterocycles. The zero-order valence-corrected chi connectivity index (χ0v) is 12.7. The van der Waals surface area contributed by atoms with Gasteiger partial charge in [-0.3, -0.25) is 0 Å². The smallest absolute Gasteiger partial charge is 0.119 e. The van der Waals surface area contributed by atoms with Crippen LogP contribution in [-0.4, -0.2) is 19.2 Å². The molecule has 0 aromatic heterocycles. The monoisotopic (exact) mass is 263 g/mol. The van der Waals surface area contributed by atoms with Crippen LogP contribution in [0.3, 0.4) is 0 Å². The number of hydrogen-bond donors (Lipinski definition) is 1. The average Bonchev–Trinajstić information content (AvgIpc) is 2.46. The molecule has 0 spiro atoms. The van der Waals surface area contributed by atoms with E-state index >= 15 is 0 Å². The second kappa shape index (κ2) is 9.85. The summed E-state index contributed by atoms with van der Waals surface area (Å²) in [5.74, 6) is 0.983. The summed E-state index contributed by atoms with van der Waals surface area (Å²) in [6.07, 6.45) is 5.96. The molecular formula is C17H29NO. The maximum absolute atomic E-state index is 5.85. The van der Waals surface area contributed by atoms with E-state index in [1.54, 1.807) is 0 Å². The molecule has 1 aromatic rings. The Balaban J connectivity index is 2.35. The Bertz CT molecular complexity index is 321. The van der Waals surface area contributed by atoms with Crippen LogP contribution in [0.15, 0.2) is 24.3 Å². The minimum Gasteiger partial charge on any atom is -0.492 e. The predicted octanol–water partition coefficient (Wildman–Crippen LogP) is 4.19. The molecule has 19 heavy (non-hydrogen) atoms. The van der Waals surface area contributed by atoms with Gasteiger partial charge in [0.15, 0.2) is 0 Å². The molecule has 0 fully saturated rings. The highest BCUT2D eigenvalue weighted by atomic mass is 16.5. The molecule has 1 N–H and O–H groups in total. The minimum absolute atomic E-state index is 0.458. The third-order valence-corrected chi connectivity index (χ3v) is 3.37. The Morgan fingerprint density at radius 2 is 1.79 bits per heavy atom. The van der Waals surface area contributed by atoms with Crippen molar-refractivity contribution in [1.29, 1.82) is 0 Å². The average molecular weight is 263 g/mol. The van der Waals surface area contributed by atoms with Crippen molar-refractivity contribution in [1.82, 2.24) is 5.32 Å². The first-order valence-electron chi connectivity index (χ1n) is 7.75. The van der Waals surface area contributed by atoms with E-state index in [1.807, 2.05) is 0 Å². The molecule has 1 rings (SSSR count). The Kier molecular flexibility index (Phi) is 8.31. The van der Waals surface area contributed by atoms with Gasteiger partial charge in [-0.1, -0.05) is 39.3 Å². The second-order valence-corrected chi connectivity index (χ2v) is 5.12. The van der Waals surface area contributed by atoms with Crippen molar-refractivity contribution in [3.05, 3.63) is 29.8 Å². The first-order chi connectivity index (χ1) is 9.30. The Morgan fingerprint density at radius 1 is 1.05 bits per heavy atom. The summed E-state index contributed by atoms with van der Waals surface area (Å²) in [6.45, 7) is 8.44. The van der Waals surface area contributed by atoms with Gasteiger partial charge in [0, 0.05) is 6.04 Å². The molecule has 108 valence electrons. The summed E-state index contributed by atoms with van der Waals surface area (Å²) in [4.78, 5) is 0. The van der Waals surface area contributed by atoms with Crippen molar-refractivity contribution in [2.75, 3.05) is 13.2 Å². The van der Waals surface area contributed by atoms with Gasteiger partial charge in [0.1, 0.15) is 12.4 Å². The van der Waals surface area contributed by atoms with E-state index in [9.17, 15) is 0 Å². The van der Waals surface area contributed by atoms with Crippen molar-refractivity contribution in [2.24, 2.45) is 0 Å².